The lowest BCUT2D eigenvalue weighted by atomic mass is 9.85. The average Bonchev–Trinajstić information content (AvgIpc) is 3.04. The smallest absolute Gasteiger partial charge is 0.176 e. The number of unbranched alkanes of at least 4 members (excludes halogenated alkanes) is 1. The van der Waals surface area contributed by atoms with Crippen molar-refractivity contribution in [2.45, 2.75) is 55.6 Å². The molecule has 0 spiro atoms. The molecule has 1 fully saturated rings. The number of hydrogen-bond acceptors (Lipinski definition) is 5. The van der Waals surface area contributed by atoms with E-state index in [0.717, 1.165) is 25.9 Å². The predicted octanol–water partition coefficient (Wildman–Crippen LogP) is 8.59. The van der Waals surface area contributed by atoms with Gasteiger partial charge in [-0.15, -0.1) is 0 Å². The number of ether oxygens (including phenoxy) is 3. The fourth-order valence-corrected chi connectivity index (χ4v) is 5.96. The Morgan fingerprint density at radius 3 is 2.35 bits per heavy atom. The van der Waals surface area contributed by atoms with Crippen LogP contribution in [0.2, 0.25) is 0 Å². The Morgan fingerprint density at radius 1 is 1.02 bits per heavy atom. The molecular weight excluding hydrogens is 616 g/mol. The molecule has 5 rings (SSSR count). The van der Waals surface area contributed by atoms with Crippen LogP contribution in [0.3, 0.4) is 0 Å². The van der Waals surface area contributed by atoms with E-state index in [9.17, 15) is 13.9 Å². The fourth-order valence-electron chi connectivity index (χ4n) is 5.25. The molecule has 3 unspecified atom stereocenters. The molecule has 5 nitrogen and oxygen atoms in total. The topological polar surface area (TPSA) is 60.0 Å². The molecule has 0 amide bonds. The Labute approximate surface area is 261 Å². The van der Waals surface area contributed by atoms with Gasteiger partial charge in [0.15, 0.2) is 17.2 Å². The third kappa shape index (κ3) is 8.68. The molecule has 1 heterocycles. The first kappa shape index (κ1) is 32.7. The Bertz CT molecular complexity index is 1350. The number of aliphatic hydroxyl groups is 1. The first-order valence-corrected chi connectivity index (χ1v) is 15.7. The van der Waals surface area contributed by atoms with Gasteiger partial charge in [-0.3, -0.25) is 0 Å². The minimum absolute atomic E-state index is 0.0125. The molecule has 0 radical (unpaired) electrons. The number of benzene rings is 3. The minimum Gasteiger partial charge on any atom is -0.494 e. The second kappa shape index (κ2) is 16.0. The summed E-state index contributed by atoms with van der Waals surface area (Å²) in [5, 5.41) is 13.1. The predicted molar refractivity (Wildman–Crippen MR) is 170 cm³/mol. The number of nitrogens with one attached hydrogen (secondary N) is 1. The van der Waals surface area contributed by atoms with Gasteiger partial charge in [0.25, 0.3) is 0 Å². The second-order valence-corrected chi connectivity index (χ2v) is 11.7. The van der Waals surface area contributed by atoms with Crippen molar-refractivity contribution in [3.63, 3.8) is 0 Å². The monoisotopic (exact) mass is 655 g/mol. The summed E-state index contributed by atoms with van der Waals surface area (Å²) in [5.41, 5.74) is -0.977. The maximum Gasteiger partial charge on any atom is 0.176 e. The molecule has 230 valence electrons. The number of aliphatic hydroxyl groups excluding tert-OH is 1. The number of hydrogen-bond donors (Lipinski definition) is 2. The zero-order chi connectivity index (χ0) is 30.7. The first-order valence-electron chi connectivity index (χ1n) is 14.8. The molecule has 4 atom stereocenters. The van der Waals surface area contributed by atoms with E-state index >= 15 is 0 Å². The van der Waals surface area contributed by atoms with Gasteiger partial charge in [-0.05, 0) is 80.3 Å². The lowest BCUT2D eigenvalue weighted by Gasteiger charge is -2.38. The van der Waals surface area contributed by atoms with Crippen molar-refractivity contribution in [3.8, 4) is 17.2 Å². The van der Waals surface area contributed by atoms with Crippen LogP contribution in [0.4, 0.5) is 8.78 Å². The van der Waals surface area contributed by atoms with Gasteiger partial charge < -0.3 is 24.6 Å². The van der Waals surface area contributed by atoms with Crippen LogP contribution in [-0.4, -0.2) is 36.2 Å². The van der Waals surface area contributed by atoms with Crippen molar-refractivity contribution >= 4 is 15.9 Å². The van der Waals surface area contributed by atoms with Crippen molar-refractivity contribution in [3.05, 3.63) is 114 Å². The molecular formula is C35H40BrF2NO4. The molecule has 0 saturated carbocycles. The van der Waals surface area contributed by atoms with Gasteiger partial charge in [0, 0.05) is 18.2 Å². The number of alkyl halides is 1. The maximum atomic E-state index is 14.5. The van der Waals surface area contributed by atoms with Crippen LogP contribution in [0.5, 0.6) is 17.2 Å². The highest BCUT2D eigenvalue weighted by atomic mass is 79.9. The van der Waals surface area contributed by atoms with Crippen molar-refractivity contribution in [1.29, 1.82) is 0 Å². The van der Waals surface area contributed by atoms with Gasteiger partial charge >= 0.3 is 0 Å². The standard InChI is InChI=1S/C25H19BrF2O3.C10H21NO/c1-29-23-16-25(24(26)15-21(23)28,31-19-10-6-3-7-11-19)20-14-17(27)12-13-22(20)30-18-8-4-2-5-9-18;1-2-3-6-10(12)9-5-4-7-11-8-9/h2-16,24H,1H3;9-12H,2-8H2,1H3/t;9-,10?/m.1/s1. The van der Waals surface area contributed by atoms with E-state index in [1.165, 1.54) is 56.7 Å². The van der Waals surface area contributed by atoms with Crippen LogP contribution >= 0.6 is 15.9 Å². The zero-order valence-electron chi connectivity index (χ0n) is 24.6. The number of piperidine rings is 1. The lowest BCUT2D eigenvalue weighted by Crippen LogP contribution is -2.42. The van der Waals surface area contributed by atoms with Crippen LogP contribution in [0, 0.1) is 11.7 Å². The molecule has 3 aromatic rings. The Balaban J connectivity index is 0.000000296. The summed E-state index contributed by atoms with van der Waals surface area (Å²) in [5.74, 6) is 0.948. The molecule has 1 aliphatic carbocycles. The number of allylic oxidation sites excluding steroid dienone is 1. The molecule has 3 aromatic carbocycles. The van der Waals surface area contributed by atoms with Crippen molar-refractivity contribution in [1.82, 2.24) is 5.32 Å². The summed E-state index contributed by atoms with van der Waals surface area (Å²) < 4.78 is 46.7. The van der Waals surface area contributed by atoms with Crippen LogP contribution in [0.1, 0.15) is 44.6 Å². The van der Waals surface area contributed by atoms with E-state index in [1.807, 2.05) is 36.4 Å². The molecule has 1 saturated heterocycles. The van der Waals surface area contributed by atoms with Gasteiger partial charge in [0.2, 0.25) is 0 Å². The summed E-state index contributed by atoms with van der Waals surface area (Å²) in [7, 11) is 1.37. The molecule has 1 aliphatic heterocycles. The van der Waals surface area contributed by atoms with Crippen molar-refractivity contribution < 1.29 is 28.1 Å². The summed E-state index contributed by atoms with van der Waals surface area (Å²) in [6.07, 6.45) is 8.56. The Kier molecular flexibility index (Phi) is 12.2. The number of rotatable bonds is 10. The lowest BCUT2D eigenvalue weighted by molar-refractivity contribution is 0.0821. The summed E-state index contributed by atoms with van der Waals surface area (Å²) >= 11 is 3.53. The summed E-state index contributed by atoms with van der Waals surface area (Å²) in [4.78, 5) is -0.681. The average molecular weight is 657 g/mol. The third-order valence-corrected chi connectivity index (χ3v) is 8.54. The van der Waals surface area contributed by atoms with Crippen molar-refractivity contribution in [2.75, 3.05) is 20.2 Å². The number of halogens is 3. The summed E-state index contributed by atoms with van der Waals surface area (Å²) in [6, 6.07) is 22.3. The van der Waals surface area contributed by atoms with E-state index in [1.54, 1.807) is 24.3 Å². The largest absolute Gasteiger partial charge is 0.494 e. The zero-order valence-corrected chi connectivity index (χ0v) is 26.2. The van der Waals surface area contributed by atoms with E-state index in [4.69, 9.17) is 14.2 Å². The van der Waals surface area contributed by atoms with E-state index < -0.39 is 22.1 Å². The third-order valence-electron chi connectivity index (χ3n) is 7.60. The first-order chi connectivity index (χ1) is 20.9. The normalized spacial score (nSPS) is 22.3. The molecule has 0 aromatic heterocycles. The highest BCUT2D eigenvalue weighted by Gasteiger charge is 2.46. The SMILES string of the molecule is CCCCC(O)[C@@H]1CCCNC1.COC1=CC(Oc2ccccc2)(c2cc(F)ccc2Oc2ccccc2)C(Br)C=C1F. The maximum absolute atomic E-state index is 14.5. The highest BCUT2D eigenvalue weighted by molar-refractivity contribution is 9.09. The van der Waals surface area contributed by atoms with Crippen LogP contribution in [0.25, 0.3) is 0 Å². The van der Waals surface area contributed by atoms with Gasteiger partial charge in [-0.2, -0.15) is 0 Å². The second-order valence-electron chi connectivity index (χ2n) is 10.7. The number of methoxy groups -OCH3 is 1. The molecule has 0 bridgehead atoms. The van der Waals surface area contributed by atoms with Gasteiger partial charge in [0.05, 0.1) is 18.0 Å². The molecule has 2 N–H and O–H groups in total. The van der Waals surface area contributed by atoms with Crippen LogP contribution < -0.4 is 14.8 Å². The van der Waals surface area contributed by atoms with Gasteiger partial charge in [0.1, 0.15) is 23.1 Å². The molecule has 8 heteroatoms. The van der Waals surface area contributed by atoms with Crippen molar-refractivity contribution in [2.24, 2.45) is 5.92 Å². The Morgan fingerprint density at radius 2 is 1.72 bits per heavy atom. The summed E-state index contributed by atoms with van der Waals surface area (Å²) in [6.45, 7) is 4.33. The van der Waals surface area contributed by atoms with Gasteiger partial charge in [-0.25, -0.2) is 8.78 Å². The molecule has 43 heavy (non-hydrogen) atoms. The fraction of sp³-hybridized carbons (Fsp3) is 0.371. The van der Waals surface area contributed by atoms with E-state index in [-0.39, 0.29) is 11.9 Å². The van der Waals surface area contributed by atoms with Crippen LogP contribution in [-0.2, 0) is 10.3 Å². The Hall–Kier alpha value is -3.20. The van der Waals surface area contributed by atoms with E-state index in [2.05, 4.69) is 28.2 Å². The van der Waals surface area contributed by atoms with Crippen LogP contribution in [0.15, 0.2) is 103 Å². The quantitative estimate of drug-likeness (QED) is 0.214. The highest BCUT2D eigenvalue weighted by Crippen LogP contribution is 2.47. The van der Waals surface area contributed by atoms with Gasteiger partial charge in [-0.1, -0.05) is 72.1 Å². The molecule has 2 aliphatic rings. The number of para-hydroxylation sites is 2. The minimum atomic E-state index is -1.35. The van der Waals surface area contributed by atoms with E-state index in [0.29, 0.717) is 28.7 Å².